The molecule has 7 heteroatoms. The molecule has 0 spiro atoms. The number of carbonyl (C=O) groups is 2. The molecule has 0 unspecified atom stereocenters. The summed E-state index contributed by atoms with van der Waals surface area (Å²) in [6.45, 7) is 7.57. The van der Waals surface area contributed by atoms with Crippen molar-refractivity contribution in [3.63, 3.8) is 0 Å². The maximum Gasteiger partial charge on any atom is 0.266 e. The van der Waals surface area contributed by atoms with Gasteiger partial charge in [-0.25, -0.2) is 0 Å². The van der Waals surface area contributed by atoms with E-state index in [4.69, 9.17) is 9.47 Å². The predicted octanol–water partition coefficient (Wildman–Crippen LogP) is 5.49. The number of anilines is 2. The van der Waals surface area contributed by atoms with Gasteiger partial charge in [0.2, 0.25) is 0 Å². The highest BCUT2D eigenvalue weighted by Crippen LogP contribution is 2.29. The number of hydrogen-bond donors (Lipinski definition) is 2. The van der Waals surface area contributed by atoms with Crippen LogP contribution in [-0.4, -0.2) is 25.5 Å². The minimum atomic E-state index is -0.506. The highest BCUT2D eigenvalue weighted by molar-refractivity contribution is 6.10. The molecular formula is C29H29N3O4. The van der Waals surface area contributed by atoms with E-state index in [0.29, 0.717) is 22.7 Å². The van der Waals surface area contributed by atoms with Crippen LogP contribution in [0.15, 0.2) is 60.2 Å². The lowest BCUT2D eigenvalue weighted by Crippen LogP contribution is -2.20. The molecule has 3 rings (SSSR count). The molecule has 0 saturated heterocycles. The van der Waals surface area contributed by atoms with Gasteiger partial charge in [0.25, 0.3) is 11.8 Å². The number of amides is 2. The molecular weight excluding hydrogens is 454 g/mol. The standard InChI is InChI=1S/C29H29N3O4/c1-18-9-11-24(20(3)13-18)31-28(33)17-36-26-12-10-22(15-27(26)35-5)14-23(16-30)29(34)32-25-8-6-7-19(2)21(25)4/h6-15H,17H2,1-5H3,(H,31,33)(H,32,34)/b23-14-. The van der Waals surface area contributed by atoms with Gasteiger partial charge in [-0.3, -0.25) is 9.59 Å². The van der Waals surface area contributed by atoms with Crippen LogP contribution in [0.1, 0.15) is 27.8 Å². The Kier molecular flexibility index (Phi) is 8.48. The molecule has 0 aliphatic carbocycles. The monoisotopic (exact) mass is 483 g/mol. The van der Waals surface area contributed by atoms with E-state index in [1.165, 1.54) is 13.2 Å². The van der Waals surface area contributed by atoms with Crippen molar-refractivity contribution < 1.29 is 19.1 Å². The largest absolute Gasteiger partial charge is 0.493 e. The van der Waals surface area contributed by atoms with Gasteiger partial charge in [-0.05, 0) is 80.3 Å². The summed E-state index contributed by atoms with van der Waals surface area (Å²) in [4.78, 5) is 25.1. The molecule has 0 heterocycles. The first kappa shape index (κ1) is 26.0. The summed E-state index contributed by atoms with van der Waals surface area (Å²) in [6.07, 6.45) is 1.47. The van der Waals surface area contributed by atoms with Gasteiger partial charge in [0.15, 0.2) is 18.1 Å². The highest BCUT2D eigenvalue weighted by atomic mass is 16.5. The smallest absolute Gasteiger partial charge is 0.266 e. The summed E-state index contributed by atoms with van der Waals surface area (Å²) >= 11 is 0. The molecule has 3 aromatic carbocycles. The van der Waals surface area contributed by atoms with E-state index < -0.39 is 5.91 Å². The van der Waals surface area contributed by atoms with Crippen LogP contribution in [-0.2, 0) is 9.59 Å². The van der Waals surface area contributed by atoms with Crippen LogP contribution in [0.5, 0.6) is 11.5 Å². The molecule has 0 aromatic heterocycles. The predicted molar refractivity (Wildman–Crippen MR) is 141 cm³/mol. The van der Waals surface area contributed by atoms with Gasteiger partial charge in [0.05, 0.1) is 7.11 Å². The Morgan fingerprint density at radius 3 is 2.39 bits per heavy atom. The minimum Gasteiger partial charge on any atom is -0.493 e. The van der Waals surface area contributed by atoms with E-state index in [1.54, 1.807) is 24.3 Å². The molecule has 36 heavy (non-hydrogen) atoms. The van der Waals surface area contributed by atoms with Crippen LogP contribution in [0, 0.1) is 39.0 Å². The second kappa shape index (κ2) is 11.7. The van der Waals surface area contributed by atoms with Crippen molar-refractivity contribution in [3.8, 4) is 17.6 Å². The third-order valence-corrected chi connectivity index (χ3v) is 5.73. The minimum absolute atomic E-state index is 0.0560. The molecule has 3 aromatic rings. The Morgan fingerprint density at radius 2 is 1.69 bits per heavy atom. The summed E-state index contributed by atoms with van der Waals surface area (Å²) in [5, 5.41) is 15.2. The zero-order chi connectivity index (χ0) is 26.2. The van der Waals surface area contributed by atoms with Gasteiger partial charge < -0.3 is 20.1 Å². The zero-order valence-corrected chi connectivity index (χ0v) is 21.1. The third kappa shape index (κ3) is 6.51. The quantitative estimate of drug-likeness (QED) is 0.326. The molecule has 2 N–H and O–H groups in total. The molecule has 0 aliphatic rings. The van der Waals surface area contributed by atoms with Crippen molar-refractivity contribution >= 4 is 29.3 Å². The molecule has 0 bridgehead atoms. The average Bonchev–Trinajstić information content (AvgIpc) is 2.86. The molecule has 7 nitrogen and oxygen atoms in total. The highest BCUT2D eigenvalue weighted by Gasteiger charge is 2.14. The van der Waals surface area contributed by atoms with Crippen molar-refractivity contribution in [1.29, 1.82) is 5.26 Å². The van der Waals surface area contributed by atoms with Crippen molar-refractivity contribution in [2.75, 3.05) is 24.4 Å². The number of aryl methyl sites for hydroxylation is 3. The molecule has 0 radical (unpaired) electrons. The fourth-order valence-electron chi connectivity index (χ4n) is 3.57. The summed E-state index contributed by atoms with van der Waals surface area (Å²) in [5.74, 6) is -0.0736. The van der Waals surface area contributed by atoms with E-state index in [0.717, 1.165) is 27.9 Å². The second-order valence-corrected chi connectivity index (χ2v) is 8.44. The number of nitriles is 1. The molecule has 0 fully saturated rings. The number of benzene rings is 3. The topological polar surface area (TPSA) is 100 Å². The number of methoxy groups -OCH3 is 1. The summed E-state index contributed by atoms with van der Waals surface area (Å²) in [7, 11) is 1.48. The molecule has 0 aliphatic heterocycles. The Morgan fingerprint density at radius 1 is 0.917 bits per heavy atom. The van der Waals surface area contributed by atoms with Gasteiger partial charge in [-0.15, -0.1) is 0 Å². The van der Waals surface area contributed by atoms with Gasteiger partial charge in [-0.1, -0.05) is 35.9 Å². The maximum atomic E-state index is 12.7. The Hall–Kier alpha value is -4.57. The van der Waals surface area contributed by atoms with Crippen LogP contribution in [0.4, 0.5) is 11.4 Å². The second-order valence-electron chi connectivity index (χ2n) is 8.44. The third-order valence-electron chi connectivity index (χ3n) is 5.73. The Bertz CT molecular complexity index is 1370. The number of rotatable bonds is 8. The number of ether oxygens (including phenoxy) is 2. The van der Waals surface area contributed by atoms with Crippen LogP contribution in [0.2, 0.25) is 0 Å². The van der Waals surface area contributed by atoms with Crippen LogP contribution >= 0.6 is 0 Å². The lowest BCUT2D eigenvalue weighted by molar-refractivity contribution is -0.118. The lowest BCUT2D eigenvalue weighted by Gasteiger charge is -2.13. The van der Waals surface area contributed by atoms with Gasteiger partial charge in [0.1, 0.15) is 11.6 Å². The van der Waals surface area contributed by atoms with Crippen molar-refractivity contribution in [1.82, 2.24) is 0 Å². The summed E-state index contributed by atoms with van der Waals surface area (Å²) < 4.78 is 11.1. The number of nitrogens with one attached hydrogen (secondary N) is 2. The van der Waals surface area contributed by atoms with Crippen LogP contribution in [0.25, 0.3) is 6.08 Å². The molecule has 2 amide bonds. The Labute approximate surface area is 211 Å². The zero-order valence-electron chi connectivity index (χ0n) is 21.1. The van der Waals surface area contributed by atoms with Crippen molar-refractivity contribution in [2.24, 2.45) is 0 Å². The number of nitrogens with zero attached hydrogens (tertiary/aromatic N) is 1. The van der Waals surface area contributed by atoms with Crippen molar-refractivity contribution in [2.45, 2.75) is 27.7 Å². The number of carbonyl (C=O) groups excluding carboxylic acids is 2. The van der Waals surface area contributed by atoms with E-state index in [1.807, 2.05) is 64.1 Å². The first-order chi connectivity index (χ1) is 17.2. The SMILES string of the molecule is COc1cc(/C=C(/C#N)C(=O)Nc2cccc(C)c2C)ccc1OCC(=O)Nc1ccc(C)cc1C. The first-order valence-electron chi connectivity index (χ1n) is 11.4. The van der Waals surface area contributed by atoms with Gasteiger partial charge >= 0.3 is 0 Å². The van der Waals surface area contributed by atoms with E-state index in [9.17, 15) is 14.9 Å². The normalized spacial score (nSPS) is 10.8. The molecule has 184 valence electrons. The molecule has 0 saturated carbocycles. The number of hydrogen-bond acceptors (Lipinski definition) is 5. The van der Waals surface area contributed by atoms with Crippen LogP contribution in [0.3, 0.4) is 0 Å². The van der Waals surface area contributed by atoms with Gasteiger partial charge in [0, 0.05) is 11.4 Å². The van der Waals surface area contributed by atoms with E-state index >= 15 is 0 Å². The lowest BCUT2D eigenvalue weighted by atomic mass is 10.1. The van der Waals surface area contributed by atoms with E-state index in [2.05, 4.69) is 10.6 Å². The first-order valence-corrected chi connectivity index (χ1v) is 11.4. The summed E-state index contributed by atoms with van der Waals surface area (Å²) in [5.41, 5.74) is 5.96. The van der Waals surface area contributed by atoms with Gasteiger partial charge in [-0.2, -0.15) is 5.26 Å². The maximum absolute atomic E-state index is 12.7. The fraction of sp³-hybridized carbons (Fsp3) is 0.207. The average molecular weight is 484 g/mol. The Balaban J connectivity index is 1.70. The van der Waals surface area contributed by atoms with Crippen LogP contribution < -0.4 is 20.1 Å². The fourth-order valence-corrected chi connectivity index (χ4v) is 3.57. The van der Waals surface area contributed by atoms with E-state index in [-0.39, 0.29) is 18.1 Å². The van der Waals surface area contributed by atoms with Crippen molar-refractivity contribution in [3.05, 3.63) is 88.0 Å². The molecule has 0 atom stereocenters. The summed E-state index contributed by atoms with van der Waals surface area (Å²) in [6, 6.07) is 18.3.